The van der Waals surface area contributed by atoms with Gasteiger partial charge in [-0.25, -0.2) is 4.98 Å². The summed E-state index contributed by atoms with van der Waals surface area (Å²) in [7, 11) is 0. The summed E-state index contributed by atoms with van der Waals surface area (Å²) in [5.41, 5.74) is 5.19. The van der Waals surface area contributed by atoms with Gasteiger partial charge in [-0.15, -0.1) is 0 Å². The number of hydrogen-bond acceptors (Lipinski definition) is 4. The molecule has 0 aliphatic rings. The molecular formula is C14H14F3N3O. The van der Waals surface area contributed by atoms with Gasteiger partial charge in [0.15, 0.2) is 0 Å². The van der Waals surface area contributed by atoms with Crippen molar-refractivity contribution in [3.05, 3.63) is 48.2 Å². The standard InChI is InChI=1S/C14H14F3N3O/c15-14(16,17)10-5-7-19-13(9-10)20-11-1-3-12(4-2-11)21-8-6-18/h1-5,7,9H,6,8,18H2,(H,19,20). The van der Waals surface area contributed by atoms with Gasteiger partial charge in [-0.05, 0) is 36.4 Å². The van der Waals surface area contributed by atoms with Crippen molar-refractivity contribution in [3.63, 3.8) is 0 Å². The molecule has 0 spiro atoms. The Hall–Kier alpha value is -2.28. The van der Waals surface area contributed by atoms with Crippen LogP contribution in [0, 0.1) is 0 Å². The highest BCUT2D eigenvalue weighted by Gasteiger charge is 2.30. The number of aromatic nitrogens is 1. The van der Waals surface area contributed by atoms with E-state index < -0.39 is 11.7 Å². The van der Waals surface area contributed by atoms with Crippen molar-refractivity contribution in [2.45, 2.75) is 6.18 Å². The van der Waals surface area contributed by atoms with Gasteiger partial charge in [-0.1, -0.05) is 0 Å². The zero-order valence-corrected chi connectivity index (χ0v) is 11.0. The first-order valence-electron chi connectivity index (χ1n) is 6.22. The van der Waals surface area contributed by atoms with Gasteiger partial charge >= 0.3 is 6.18 Å². The average Bonchev–Trinajstić information content (AvgIpc) is 2.46. The fourth-order valence-electron chi connectivity index (χ4n) is 1.63. The Kier molecular flexibility index (Phi) is 4.64. The quantitative estimate of drug-likeness (QED) is 0.890. The van der Waals surface area contributed by atoms with E-state index in [9.17, 15) is 13.2 Å². The lowest BCUT2D eigenvalue weighted by Gasteiger charge is -2.10. The highest BCUT2D eigenvalue weighted by atomic mass is 19.4. The van der Waals surface area contributed by atoms with E-state index in [1.165, 1.54) is 0 Å². The van der Waals surface area contributed by atoms with Gasteiger partial charge in [0.25, 0.3) is 0 Å². The number of rotatable bonds is 5. The molecule has 0 radical (unpaired) electrons. The van der Waals surface area contributed by atoms with Crippen LogP contribution >= 0.6 is 0 Å². The largest absolute Gasteiger partial charge is 0.492 e. The highest BCUT2D eigenvalue weighted by molar-refractivity contribution is 5.57. The predicted octanol–water partition coefficient (Wildman–Crippen LogP) is 3.18. The number of alkyl halides is 3. The highest BCUT2D eigenvalue weighted by Crippen LogP contribution is 2.30. The van der Waals surface area contributed by atoms with Crippen molar-refractivity contribution in [3.8, 4) is 5.75 Å². The van der Waals surface area contributed by atoms with Gasteiger partial charge in [0.05, 0.1) is 5.56 Å². The van der Waals surface area contributed by atoms with Crippen molar-refractivity contribution in [2.75, 3.05) is 18.5 Å². The number of nitrogens with zero attached hydrogens (tertiary/aromatic N) is 1. The van der Waals surface area contributed by atoms with E-state index in [4.69, 9.17) is 10.5 Å². The number of nitrogens with one attached hydrogen (secondary N) is 1. The Bertz CT molecular complexity index is 585. The number of nitrogens with two attached hydrogens (primary N) is 1. The number of anilines is 2. The summed E-state index contributed by atoms with van der Waals surface area (Å²) in [5, 5.41) is 2.81. The van der Waals surface area contributed by atoms with Gasteiger partial charge in [0.1, 0.15) is 18.2 Å². The molecule has 0 saturated carbocycles. The summed E-state index contributed by atoms with van der Waals surface area (Å²) in [4.78, 5) is 3.86. The van der Waals surface area contributed by atoms with E-state index in [-0.39, 0.29) is 5.82 Å². The minimum atomic E-state index is -4.39. The van der Waals surface area contributed by atoms with Crippen molar-refractivity contribution in [2.24, 2.45) is 5.73 Å². The number of pyridine rings is 1. The van der Waals surface area contributed by atoms with Crippen LogP contribution in [0.15, 0.2) is 42.6 Å². The average molecular weight is 297 g/mol. The Morgan fingerprint density at radius 1 is 1.14 bits per heavy atom. The second-order valence-electron chi connectivity index (χ2n) is 4.21. The first-order chi connectivity index (χ1) is 9.99. The third-order valence-electron chi connectivity index (χ3n) is 2.60. The molecule has 2 aromatic rings. The van der Waals surface area contributed by atoms with Gasteiger partial charge in [-0.3, -0.25) is 0 Å². The van der Waals surface area contributed by atoms with Crippen LogP contribution in [0.2, 0.25) is 0 Å². The van der Waals surface area contributed by atoms with E-state index in [0.717, 1.165) is 18.3 Å². The number of hydrogen-bond donors (Lipinski definition) is 2. The molecule has 4 nitrogen and oxygen atoms in total. The Labute approximate surface area is 119 Å². The molecule has 7 heteroatoms. The number of ether oxygens (including phenoxy) is 1. The van der Waals surface area contributed by atoms with E-state index >= 15 is 0 Å². The van der Waals surface area contributed by atoms with Crippen LogP contribution in [0.1, 0.15) is 5.56 Å². The van der Waals surface area contributed by atoms with E-state index in [2.05, 4.69) is 10.3 Å². The third kappa shape index (κ3) is 4.35. The lowest BCUT2D eigenvalue weighted by atomic mass is 10.2. The Morgan fingerprint density at radius 3 is 2.48 bits per heavy atom. The number of halogens is 3. The maximum absolute atomic E-state index is 12.6. The second kappa shape index (κ2) is 6.45. The SMILES string of the molecule is NCCOc1ccc(Nc2cc(C(F)(F)F)ccn2)cc1. The zero-order chi connectivity index (χ0) is 15.3. The maximum Gasteiger partial charge on any atom is 0.416 e. The summed E-state index contributed by atoms with van der Waals surface area (Å²) in [6.45, 7) is 0.816. The molecular weight excluding hydrogens is 283 g/mol. The summed E-state index contributed by atoms with van der Waals surface area (Å²) in [6.07, 6.45) is -3.27. The maximum atomic E-state index is 12.6. The smallest absolute Gasteiger partial charge is 0.416 e. The fourth-order valence-corrected chi connectivity index (χ4v) is 1.63. The molecule has 3 N–H and O–H groups in total. The zero-order valence-electron chi connectivity index (χ0n) is 11.0. The lowest BCUT2D eigenvalue weighted by Crippen LogP contribution is -2.10. The molecule has 0 atom stereocenters. The second-order valence-corrected chi connectivity index (χ2v) is 4.21. The lowest BCUT2D eigenvalue weighted by molar-refractivity contribution is -0.137. The molecule has 21 heavy (non-hydrogen) atoms. The summed E-state index contributed by atoms with van der Waals surface area (Å²) < 4.78 is 43.1. The molecule has 2 rings (SSSR count). The molecule has 112 valence electrons. The summed E-state index contributed by atoms with van der Waals surface area (Å²) >= 11 is 0. The van der Waals surface area contributed by atoms with Crippen LogP contribution in [0.4, 0.5) is 24.7 Å². The van der Waals surface area contributed by atoms with Crippen molar-refractivity contribution in [1.82, 2.24) is 4.98 Å². The number of benzene rings is 1. The predicted molar refractivity (Wildman–Crippen MR) is 73.5 cm³/mol. The van der Waals surface area contributed by atoms with Gasteiger partial charge in [0, 0.05) is 18.4 Å². The van der Waals surface area contributed by atoms with E-state index in [1.807, 2.05) is 0 Å². The van der Waals surface area contributed by atoms with Crippen LogP contribution in [-0.2, 0) is 6.18 Å². The normalized spacial score (nSPS) is 11.2. The minimum Gasteiger partial charge on any atom is -0.492 e. The summed E-state index contributed by atoms with van der Waals surface area (Å²) in [6, 6.07) is 8.66. The molecule has 0 aliphatic carbocycles. The van der Waals surface area contributed by atoms with Crippen molar-refractivity contribution < 1.29 is 17.9 Å². The molecule has 1 heterocycles. The monoisotopic (exact) mass is 297 g/mol. The molecule has 0 unspecified atom stereocenters. The van der Waals surface area contributed by atoms with Crippen molar-refractivity contribution >= 4 is 11.5 Å². The molecule has 1 aromatic carbocycles. The fraction of sp³-hybridized carbons (Fsp3) is 0.214. The Morgan fingerprint density at radius 2 is 1.86 bits per heavy atom. The van der Waals surface area contributed by atoms with Crippen LogP contribution < -0.4 is 15.8 Å². The molecule has 0 aliphatic heterocycles. The van der Waals surface area contributed by atoms with Gasteiger partial charge < -0.3 is 15.8 Å². The van der Waals surface area contributed by atoms with Gasteiger partial charge in [0.2, 0.25) is 0 Å². The molecule has 0 saturated heterocycles. The van der Waals surface area contributed by atoms with Crippen LogP contribution in [0.25, 0.3) is 0 Å². The Balaban J connectivity index is 2.08. The van der Waals surface area contributed by atoms with Crippen LogP contribution in [0.3, 0.4) is 0 Å². The van der Waals surface area contributed by atoms with Crippen LogP contribution in [0.5, 0.6) is 5.75 Å². The summed E-state index contributed by atoms with van der Waals surface area (Å²) in [5.74, 6) is 0.767. The molecule has 1 aromatic heterocycles. The minimum absolute atomic E-state index is 0.125. The van der Waals surface area contributed by atoms with E-state index in [0.29, 0.717) is 24.6 Å². The van der Waals surface area contributed by atoms with E-state index in [1.54, 1.807) is 24.3 Å². The molecule has 0 fully saturated rings. The van der Waals surface area contributed by atoms with Crippen LogP contribution in [-0.4, -0.2) is 18.1 Å². The molecule has 0 amide bonds. The first kappa shape index (κ1) is 15.1. The van der Waals surface area contributed by atoms with Gasteiger partial charge in [-0.2, -0.15) is 13.2 Å². The van der Waals surface area contributed by atoms with Crippen molar-refractivity contribution in [1.29, 1.82) is 0 Å². The molecule has 0 bridgehead atoms. The topological polar surface area (TPSA) is 60.2 Å². The third-order valence-corrected chi connectivity index (χ3v) is 2.60. The first-order valence-corrected chi connectivity index (χ1v) is 6.22.